The minimum atomic E-state index is 0.530. The number of benzene rings is 1. The molecule has 1 heterocycles. The van der Waals surface area contributed by atoms with Gasteiger partial charge in [0.15, 0.2) is 5.82 Å². The second-order valence-electron chi connectivity index (χ2n) is 4.00. The van der Waals surface area contributed by atoms with E-state index in [1.807, 2.05) is 25.1 Å². The predicted molar refractivity (Wildman–Crippen MR) is 71.0 cm³/mol. The Bertz CT molecular complexity index is 528. The third-order valence-corrected chi connectivity index (χ3v) is 2.99. The van der Waals surface area contributed by atoms with Crippen molar-refractivity contribution in [3.05, 3.63) is 35.7 Å². The predicted octanol–water partition coefficient (Wildman–Crippen LogP) is 1.97. The molecule has 0 bridgehead atoms. The molecule has 90 valence electrons. The average Bonchev–Trinajstić information content (AvgIpc) is 2.66. The second kappa shape index (κ2) is 4.49. The van der Waals surface area contributed by atoms with Gasteiger partial charge in [0.1, 0.15) is 11.5 Å². The lowest BCUT2D eigenvalue weighted by Crippen LogP contribution is -2.14. The minimum Gasteiger partial charge on any atom is -0.382 e. The number of hydrogen-bond donors (Lipinski definition) is 2. The lowest BCUT2D eigenvalue weighted by molar-refractivity contribution is 0.865. The normalized spacial score (nSPS) is 10.7. The number of nitrogens with zero attached hydrogens (tertiary/aromatic N) is 2. The van der Waals surface area contributed by atoms with E-state index >= 15 is 0 Å². The van der Waals surface area contributed by atoms with Gasteiger partial charge in [-0.05, 0) is 12.0 Å². The Balaban J connectivity index is 2.60. The summed E-state index contributed by atoms with van der Waals surface area (Å²) in [5, 5.41) is 0. The van der Waals surface area contributed by atoms with E-state index in [1.165, 1.54) is 10.2 Å². The van der Waals surface area contributed by atoms with Crippen LogP contribution in [0.15, 0.2) is 24.3 Å². The van der Waals surface area contributed by atoms with Gasteiger partial charge in [-0.2, -0.15) is 0 Å². The number of aryl methyl sites for hydroxylation is 2. The molecule has 0 aliphatic carbocycles. The van der Waals surface area contributed by atoms with Crippen molar-refractivity contribution in [2.75, 3.05) is 11.6 Å². The van der Waals surface area contributed by atoms with E-state index < -0.39 is 0 Å². The van der Waals surface area contributed by atoms with Gasteiger partial charge in [-0.25, -0.2) is 9.66 Å². The minimum absolute atomic E-state index is 0.530. The van der Waals surface area contributed by atoms with E-state index in [1.54, 1.807) is 0 Å². The summed E-state index contributed by atoms with van der Waals surface area (Å²) in [6.07, 6.45) is 1.73. The molecule has 0 unspecified atom stereocenters. The molecule has 2 rings (SSSR count). The fraction of sp³-hybridized carbons (Fsp3) is 0.308. The van der Waals surface area contributed by atoms with Crippen molar-refractivity contribution in [2.45, 2.75) is 26.7 Å². The first kappa shape index (κ1) is 11.5. The van der Waals surface area contributed by atoms with Crippen molar-refractivity contribution in [1.82, 2.24) is 9.66 Å². The average molecular weight is 230 g/mol. The number of hydrogen-bond acceptors (Lipinski definition) is 3. The van der Waals surface area contributed by atoms with Gasteiger partial charge in [-0.15, -0.1) is 0 Å². The molecule has 0 aliphatic rings. The lowest BCUT2D eigenvalue weighted by atomic mass is 10.0. The highest BCUT2D eigenvalue weighted by Crippen LogP contribution is 2.28. The van der Waals surface area contributed by atoms with Gasteiger partial charge in [0.25, 0.3) is 0 Å². The molecular formula is C13H18N4. The Hall–Kier alpha value is -1.97. The monoisotopic (exact) mass is 230 g/mol. The Kier molecular flexibility index (Phi) is 3.04. The smallest absolute Gasteiger partial charge is 0.150 e. The summed E-state index contributed by atoms with van der Waals surface area (Å²) in [6, 6.07) is 8.15. The number of nitrogens with two attached hydrogens (primary N) is 2. The van der Waals surface area contributed by atoms with Crippen LogP contribution in [0.25, 0.3) is 11.3 Å². The van der Waals surface area contributed by atoms with Gasteiger partial charge in [0.2, 0.25) is 0 Å². The SMILES string of the molecule is CCc1ccccc1-c1nc(CC)n(N)c1N. The highest BCUT2D eigenvalue weighted by molar-refractivity contribution is 5.73. The van der Waals surface area contributed by atoms with Crippen LogP contribution in [0.2, 0.25) is 0 Å². The molecule has 0 radical (unpaired) electrons. The third-order valence-electron chi connectivity index (χ3n) is 2.99. The fourth-order valence-corrected chi connectivity index (χ4v) is 2.00. The third kappa shape index (κ3) is 1.86. The van der Waals surface area contributed by atoms with E-state index in [0.29, 0.717) is 5.82 Å². The van der Waals surface area contributed by atoms with Crippen molar-refractivity contribution in [1.29, 1.82) is 0 Å². The van der Waals surface area contributed by atoms with Gasteiger partial charge in [0.05, 0.1) is 0 Å². The number of anilines is 1. The zero-order valence-electron chi connectivity index (χ0n) is 10.3. The van der Waals surface area contributed by atoms with Crippen molar-refractivity contribution in [2.24, 2.45) is 0 Å². The summed E-state index contributed by atoms with van der Waals surface area (Å²) >= 11 is 0. The van der Waals surface area contributed by atoms with Crippen molar-refractivity contribution >= 4 is 5.82 Å². The molecule has 4 N–H and O–H groups in total. The Morgan fingerprint density at radius 3 is 2.47 bits per heavy atom. The van der Waals surface area contributed by atoms with Gasteiger partial charge in [-0.3, -0.25) is 0 Å². The van der Waals surface area contributed by atoms with Gasteiger partial charge in [-0.1, -0.05) is 38.1 Å². The first-order chi connectivity index (χ1) is 8.19. The molecule has 0 saturated carbocycles. The number of imidazole rings is 1. The van der Waals surface area contributed by atoms with Crippen LogP contribution in [-0.2, 0) is 12.8 Å². The molecule has 0 aliphatic heterocycles. The summed E-state index contributed by atoms with van der Waals surface area (Å²) in [5.41, 5.74) is 9.11. The van der Waals surface area contributed by atoms with E-state index in [9.17, 15) is 0 Å². The molecule has 1 aromatic heterocycles. The highest BCUT2D eigenvalue weighted by atomic mass is 15.4. The number of nitrogen functional groups attached to an aromatic ring is 2. The second-order valence-corrected chi connectivity index (χ2v) is 4.00. The van der Waals surface area contributed by atoms with Gasteiger partial charge in [0, 0.05) is 12.0 Å². The summed E-state index contributed by atoms with van der Waals surface area (Å²) < 4.78 is 1.47. The summed E-state index contributed by atoms with van der Waals surface area (Å²) in [7, 11) is 0. The van der Waals surface area contributed by atoms with Crippen molar-refractivity contribution in [3.63, 3.8) is 0 Å². The molecular weight excluding hydrogens is 212 g/mol. The van der Waals surface area contributed by atoms with Crippen LogP contribution in [0, 0.1) is 0 Å². The number of rotatable bonds is 3. The Morgan fingerprint density at radius 1 is 1.18 bits per heavy atom. The topological polar surface area (TPSA) is 69.9 Å². The highest BCUT2D eigenvalue weighted by Gasteiger charge is 2.15. The number of aromatic nitrogens is 2. The van der Waals surface area contributed by atoms with Crippen molar-refractivity contribution < 1.29 is 0 Å². The molecule has 0 amide bonds. The van der Waals surface area contributed by atoms with E-state index in [2.05, 4.69) is 18.0 Å². The summed E-state index contributed by atoms with van der Waals surface area (Å²) in [6.45, 7) is 4.13. The van der Waals surface area contributed by atoms with Crippen molar-refractivity contribution in [3.8, 4) is 11.3 Å². The maximum Gasteiger partial charge on any atom is 0.150 e. The van der Waals surface area contributed by atoms with Crippen LogP contribution in [0.3, 0.4) is 0 Å². The molecule has 0 spiro atoms. The molecule has 4 nitrogen and oxygen atoms in total. The largest absolute Gasteiger partial charge is 0.382 e. The lowest BCUT2D eigenvalue weighted by Gasteiger charge is -2.05. The zero-order chi connectivity index (χ0) is 12.4. The fourth-order valence-electron chi connectivity index (χ4n) is 2.00. The van der Waals surface area contributed by atoms with E-state index in [4.69, 9.17) is 11.6 Å². The maximum atomic E-state index is 6.01. The first-order valence-corrected chi connectivity index (χ1v) is 5.89. The van der Waals surface area contributed by atoms with Crippen LogP contribution in [0.4, 0.5) is 5.82 Å². The molecule has 0 saturated heterocycles. The molecule has 1 aromatic carbocycles. The molecule has 4 heteroatoms. The van der Waals surface area contributed by atoms with Crippen LogP contribution >= 0.6 is 0 Å². The Morgan fingerprint density at radius 2 is 1.88 bits per heavy atom. The quantitative estimate of drug-likeness (QED) is 0.792. The molecule has 17 heavy (non-hydrogen) atoms. The zero-order valence-corrected chi connectivity index (χ0v) is 10.3. The van der Waals surface area contributed by atoms with Crippen LogP contribution in [0.5, 0.6) is 0 Å². The van der Waals surface area contributed by atoms with Gasteiger partial charge < -0.3 is 11.6 Å². The van der Waals surface area contributed by atoms with E-state index in [0.717, 1.165) is 29.9 Å². The van der Waals surface area contributed by atoms with Gasteiger partial charge >= 0.3 is 0 Å². The maximum absolute atomic E-state index is 6.01. The summed E-state index contributed by atoms with van der Waals surface area (Å²) in [4.78, 5) is 4.52. The first-order valence-electron chi connectivity index (χ1n) is 5.89. The molecule has 0 fully saturated rings. The van der Waals surface area contributed by atoms with E-state index in [-0.39, 0.29) is 0 Å². The standard InChI is InChI=1S/C13H18N4/c1-3-9-7-5-6-8-10(9)12-13(14)17(15)11(4-2)16-12/h5-8H,3-4,14-15H2,1-2H3. The molecule has 2 aromatic rings. The van der Waals surface area contributed by atoms with Crippen LogP contribution in [0.1, 0.15) is 25.2 Å². The molecule has 0 atom stereocenters. The van der Waals surface area contributed by atoms with Crippen LogP contribution < -0.4 is 11.6 Å². The van der Waals surface area contributed by atoms with Crippen LogP contribution in [-0.4, -0.2) is 9.66 Å². The summed E-state index contributed by atoms with van der Waals surface area (Å²) in [5.74, 6) is 7.21. The Labute approximate surface area is 101 Å².